The third kappa shape index (κ3) is 3.95. The number of rotatable bonds is 5. The molecule has 0 aromatic heterocycles. The van der Waals surface area contributed by atoms with E-state index in [2.05, 4.69) is 0 Å². The largest absolute Gasteiger partial charge is 0.478 e. The molecule has 1 atom stereocenters. The van der Waals surface area contributed by atoms with Crippen LogP contribution in [0.1, 0.15) is 17.9 Å². The fourth-order valence-corrected chi connectivity index (χ4v) is 1.37. The van der Waals surface area contributed by atoms with Crippen LogP contribution in [0, 0.1) is 0 Å². The minimum atomic E-state index is -0.959. The molecule has 0 saturated carbocycles. The van der Waals surface area contributed by atoms with Gasteiger partial charge in [-0.05, 0) is 12.0 Å². The van der Waals surface area contributed by atoms with Gasteiger partial charge in [0.2, 0.25) is 0 Å². The molecular weight excluding hydrogens is 192 g/mol. The van der Waals surface area contributed by atoms with Crippen LogP contribution in [0.5, 0.6) is 0 Å². The van der Waals surface area contributed by atoms with Gasteiger partial charge in [-0.3, -0.25) is 0 Å². The number of aliphatic hydroxyl groups excluding tert-OH is 1. The van der Waals surface area contributed by atoms with E-state index in [0.29, 0.717) is 6.42 Å². The Morgan fingerprint density at radius 2 is 2.00 bits per heavy atom. The lowest BCUT2D eigenvalue weighted by atomic mass is 9.96. The van der Waals surface area contributed by atoms with Gasteiger partial charge in [-0.1, -0.05) is 36.4 Å². The average Bonchev–Trinajstić information content (AvgIpc) is 2.25. The van der Waals surface area contributed by atoms with E-state index in [-0.39, 0.29) is 12.5 Å². The van der Waals surface area contributed by atoms with Crippen molar-refractivity contribution in [1.29, 1.82) is 0 Å². The molecule has 2 N–H and O–H groups in total. The number of allylic oxidation sites excluding steroid dienone is 1. The highest BCUT2D eigenvalue weighted by Gasteiger charge is 2.07. The van der Waals surface area contributed by atoms with Crippen molar-refractivity contribution >= 4 is 5.97 Å². The summed E-state index contributed by atoms with van der Waals surface area (Å²) in [6, 6.07) is 9.56. The Kier molecular flexibility index (Phi) is 4.57. The van der Waals surface area contributed by atoms with Crippen molar-refractivity contribution < 1.29 is 15.0 Å². The van der Waals surface area contributed by atoms with Gasteiger partial charge in [0.25, 0.3) is 0 Å². The highest BCUT2D eigenvalue weighted by Crippen LogP contribution is 2.18. The number of hydrogen-bond donors (Lipinski definition) is 2. The van der Waals surface area contributed by atoms with Gasteiger partial charge < -0.3 is 10.2 Å². The average molecular weight is 206 g/mol. The van der Waals surface area contributed by atoms with Crippen LogP contribution in [-0.2, 0) is 4.79 Å². The maximum Gasteiger partial charge on any atom is 0.327 e. The van der Waals surface area contributed by atoms with Crippen molar-refractivity contribution in [2.45, 2.75) is 12.3 Å². The third-order valence-corrected chi connectivity index (χ3v) is 2.17. The van der Waals surface area contributed by atoms with Crippen LogP contribution < -0.4 is 0 Å². The molecule has 0 radical (unpaired) electrons. The Bertz CT molecular complexity index is 330. The lowest BCUT2D eigenvalue weighted by Gasteiger charge is -2.11. The normalized spacial score (nSPS) is 12.9. The van der Waals surface area contributed by atoms with Crippen LogP contribution in [0.25, 0.3) is 0 Å². The lowest BCUT2D eigenvalue weighted by Crippen LogP contribution is -2.02. The molecule has 0 saturated heterocycles. The van der Waals surface area contributed by atoms with E-state index in [1.54, 1.807) is 6.08 Å². The smallest absolute Gasteiger partial charge is 0.327 e. The number of carboxylic acid groups (broad SMARTS) is 1. The van der Waals surface area contributed by atoms with Crippen molar-refractivity contribution in [3.8, 4) is 0 Å². The van der Waals surface area contributed by atoms with Crippen molar-refractivity contribution in [3.63, 3.8) is 0 Å². The summed E-state index contributed by atoms with van der Waals surface area (Å²) < 4.78 is 0. The Morgan fingerprint density at radius 3 is 2.53 bits per heavy atom. The van der Waals surface area contributed by atoms with Crippen LogP contribution in [0.15, 0.2) is 42.5 Å². The number of hydrogen-bond acceptors (Lipinski definition) is 2. The summed E-state index contributed by atoms with van der Waals surface area (Å²) in [4.78, 5) is 10.3. The summed E-state index contributed by atoms with van der Waals surface area (Å²) in [7, 11) is 0. The van der Waals surface area contributed by atoms with Crippen LogP contribution in [0.4, 0.5) is 0 Å². The molecule has 1 aromatic rings. The first-order valence-corrected chi connectivity index (χ1v) is 4.79. The van der Waals surface area contributed by atoms with Crippen LogP contribution in [0.3, 0.4) is 0 Å². The number of aliphatic carboxylic acids is 1. The Morgan fingerprint density at radius 1 is 1.33 bits per heavy atom. The maximum absolute atomic E-state index is 10.3. The molecular formula is C12H14O3. The maximum atomic E-state index is 10.3. The highest BCUT2D eigenvalue weighted by atomic mass is 16.4. The zero-order valence-corrected chi connectivity index (χ0v) is 8.34. The number of aliphatic hydroxyl groups is 1. The molecule has 1 aromatic carbocycles. The molecule has 0 heterocycles. The molecule has 0 aliphatic rings. The molecule has 3 heteroatoms. The van der Waals surface area contributed by atoms with Gasteiger partial charge in [0.05, 0.1) is 6.61 Å². The van der Waals surface area contributed by atoms with Crippen LogP contribution >= 0.6 is 0 Å². The quantitative estimate of drug-likeness (QED) is 0.722. The van der Waals surface area contributed by atoms with Gasteiger partial charge in [0.15, 0.2) is 0 Å². The predicted molar refractivity (Wildman–Crippen MR) is 57.7 cm³/mol. The molecule has 0 aliphatic heterocycles. The number of carboxylic acids is 1. The molecule has 3 nitrogen and oxygen atoms in total. The fraction of sp³-hybridized carbons (Fsp3) is 0.250. The number of carbonyl (C=O) groups is 1. The first-order valence-electron chi connectivity index (χ1n) is 4.79. The summed E-state index contributed by atoms with van der Waals surface area (Å²) in [5.41, 5.74) is 1.02. The van der Waals surface area contributed by atoms with Gasteiger partial charge in [-0.25, -0.2) is 4.79 Å². The standard InChI is InChI=1S/C12H14O3/c13-9-11(7-4-8-12(14)15)10-5-2-1-3-6-10/h1-6,8,11,13H,7,9H2,(H,14,15). The molecule has 0 aliphatic carbocycles. The molecule has 0 bridgehead atoms. The Hall–Kier alpha value is -1.61. The van der Waals surface area contributed by atoms with Gasteiger partial charge in [-0.15, -0.1) is 0 Å². The van der Waals surface area contributed by atoms with E-state index in [0.717, 1.165) is 11.6 Å². The van der Waals surface area contributed by atoms with E-state index in [9.17, 15) is 4.79 Å². The summed E-state index contributed by atoms with van der Waals surface area (Å²) in [5.74, 6) is -0.985. The monoisotopic (exact) mass is 206 g/mol. The van der Waals surface area contributed by atoms with Gasteiger partial charge in [-0.2, -0.15) is 0 Å². The SMILES string of the molecule is O=C(O)C=CCC(CO)c1ccccc1. The first kappa shape index (κ1) is 11.5. The second-order valence-corrected chi connectivity index (χ2v) is 3.27. The Labute approximate surface area is 88.7 Å². The Balaban J connectivity index is 2.61. The predicted octanol–water partition coefficient (Wildman–Crippen LogP) is 1.79. The second kappa shape index (κ2) is 5.98. The van der Waals surface area contributed by atoms with E-state index < -0.39 is 5.97 Å². The molecule has 0 fully saturated rings. The first-order chi connectivity index (χ1) is 7.24. The zero-order chi connectivity index (χ0) is 11.1. The molecule has 0 amide bonds. The van der Waals surface area contributed by atoms with Crippen LogP contribution in [0.2, 0.25) is 0 Å². The minimum absolute atomic E-state index is 0.0218. The second-order valence-electron chi connectivity index (χ2n) is 3.27. The van der Waals surface area contributed by atoms with E-state index in [1.807, 2.05) is 30.3 Å². The molecule has 1 unspecified atom stereocenters. The fourth-order valence-electron chi connectivity index (χ4n) is 1.37. The highest BCUT2D eigenvalue weighted by molar-refractivity contribution is 5.79. The lowest BCUT2D eigenvalue weighted by molar-refractivity contribution is -0.131. The van der Waals surface area contributed by atoms with Gasteiger partial charge >= 0.3 is 5.97 Å². The van der Waals surface area contributed by atoms with Gasteiger partial charge in [0.1, 0.15) is 0 Å². The van der Waals surface area contributed by atoms with Gasteiger partial charge in [0, 0.05) is 12.0 Å². The molecule has 1 rings (SSSR count). The number of benzene rings is 1. The van der Waals surface area contributed by atoms with Crippen LogP contribution in [-0.4, -0.2) is 22.8 Å². The molecule has 80 valence electrons. The summed E-state index contributed by atoms with van der Waals surface area (Å²) in [6.45, 7) is 0.0218. The van der Waals surface area contributed by atoms with Crippen molar-refractivity contribution in [2.75, 3.05) is 6.61 Å². The zero-order valence-electron chi connectivity index (χ0n) is 8.34. The molecule has 15 heavy (non-hydrogen) atoms. The van der Waals surface area contributed by atoms with E-state index in [4.69, 9.17) is 10.2 Å². The van der Waals surface area contributed by atoms with Crippen molar-refractivity contribution in [3.05, 3.63) is 48.0 Å². The van der Waals surface area contributed by atoms with E-state index >= 15 is 0 Å². The molecule has 0 spiro atoms. The van der Waals surface area contributed by atoms with E-state index in [1.165, 1.54) is 0 Å². The summed E-state index contributed by atoms with van der Waals surface area (Å²) in [5, 5.41) is 17.6. The minimum Gasteiger partial charge on any atom is -0.478 e. The summed E-state index contributed by atoms with van der Waals surface area (Å²) in [6.07, 6.45) is 3.20. The topological polar surface area (TPSA) is 57.5 Å². The van der Waals surface area contributed by atoms with Crippen molar-refractivity contribution in [1.82, 2.24) is 0 Å². The summed E-state index contributed by atoms with van der Waals surface area (Å²) >= 11 is 0. The third-order valence-electron chi connectivity index (χ3n) is 2.17. The van der Waals surface area contributed by atoms with Crippen molar-refractivity contribution in [2.24, 2.45) is 0 Å².